The average Bonchev–Trinajstić information content (AvgIpc) is 3.77. The van der Waals surface area contributed by atoms with Gasteiger partial charge in [-0.25, -0.2) is 0 Å². The normalized spacial score (nSPS) is 13.2. The van der Waals surface area contributed by atoms with Gasteiger partial charge in [0.2, 0.25) is 0 Å². The first-order valence-corrected chi connectivity index (χ1v) is 16.0. The molecule has 10 aromatic rings. The van der Waals surface area contributed by atoms with E-state index >= 15 is 0 Å². The Balaban J connectivity index is 1.38. The highest BCUT2D eigenvalue weighted by Gasteiger charge is 2.43. The summed E-state index contributed by atoms with van der Waals surface area (Å²) in [5, 5.41) is 7.47. The molecule has 210 valence electrons. The van der Waals surface area contributed by atoms with Crippen LogP contribution in [0.25, 0.3) is 93.5 Å². The summed E-state index contributed by atoms with van der Waals surface area (Å²) in [7, 11) is 0. The lowest BCUT2D eigenvalue weighted by Gasteiger charge is -2.34. The van der Waals surface area contributed by atoms with Crippen molar-refractivity contribution in [2.45, 2.75) is 0 Å². The standard InChI is InChI=1S/C42H23BN2O/c1-2-11-24(12-3-1)25-21-31-27-14-4-7-18-34(27)44-36-23-32-28-15-6-9-20-37(28)46-42(32)38-30-17-10-16-29-26-13-5-8-19-35(26)45(40(29)30)43(39(36)38)33(22-25)41(31)44/h1-23H. The summed E-state index contributed by atoms with van der Waals surface area (Å²) >= 11 is 0. The first kappa shape index (κ1) is 23.4. The van der Waals surface area contributed by atoms with Crippen LogP contribution in [0, 0.1) is 0 Å². The van der Waals surface area contributed by atoms with Crippen molar-refractivity contribution < 1.29 is 4.42 Å². The fraction of sp³-hybridized carbons (Fsp3) is 0. The molecule has 2 aliphatic heterocycles. The SMILES string of the molecule is c1ccc(-c2cc3c4c(c2)c2ccccc2n4-c2cc4c(oc5ccccc54)c4c2B3n2c3ccccc3c3cccc-4c32)cc1. The Bertz CT molecular complexity index is 2980. The first-order chi connectivity index (χ1) is 22.8. The lowest BCUT2D eigenvalue weighted by atomic mass is 9.45. The van der Waals surface area contributed by atoms with Gasteiger partial charge >= 0.3 is 6.85 Å². The molecule has 0 N–H and O–H groups in total. The van der Waals surface area contributed by atoms with Crippen molar-refractivity contribution in [2.75, 3.05) is 0 Å². The molecule has 0 saturated heterocycles. The third-order valence-corrected chi connectivity index (χ3v) is 10.7. The molecule has 7 aromatic carbocycles. The van der Waals surface area contributed by atoms with Crippen molar-refractivity contribution in [3.8, 4) is 27.9 Å². The molecule has 3 nitrogen and oxygen atoms in total. The predicted octanol–water partition coefficient (Wildman–Crippen LogP) is 9.41. The van der Waals surface area contributed by atoms with Crippen LogP contribution in [-0.4, -0.2) is 15.9 Å². The second kappa shape index (κ2) is 7.98. The Hall–Kier alpha value is -6.00. The molecule has 0 spiro atoms. The second-order valence-corrected chi connectivity index (χ2v) is 12.8. The maximum absolute atomic E-state index is 6.85. The Labute approximate surface area is 263 Å². The molecule has 0 unspecified atom stereocenters. The first-order valence-electron chi connectivity index (χ1n) is 16.0. The predicted molar refractivity (Wildman–Crippen MR) is 192 cm³/mol. The van der Waals surface area contributed by atoms with E-state index in [2.05, 4.69) is 149 Å². The van der Waals surface area contributed by atoms with Crippen LogP contribution in [0.3, 0.4) is 0 Å². The van der Waals surface area contributed by atoms with Gasteiger partial charge in [0.25, 0.3) is 0 Å². The Morgan fingerprint density at radius 1 is 0.500 bits per heavy atom. The van der Waals surface area contributed by atoms with E-state index in [-0.39, 0.29) is 6.85 Å². The number of furan rings is 1. The van der Waals surface area contributed by atoms with Crippen molar-refractivity contribution in [3.63, 3.8) is 0 Å². The van der Waals surface area contributed by atoms with Crippen molar-refractivity contribution in [1.29, 1.82) is 0 Å². The zero-order chi connectivity index (χ0) is 29.7. The summed E-state index contributed by atoms with van der Waals surface area (Å²) in [5.74, 6) is 0. The van der Waals surface area contributed by atoms with Crippen LogP contribution < -0.4 is 10.9 Å². The Kier molecular flexibility index (Phi) is 4.06. The van der Waals surface area contributed by atoms with E-state index in [4.69, 9.17) is 4.42 Å². The fourth-order valence-corrected chi connectivity index (χ4v) is 8.92. The number of rotatable bonds is 1. The number of para-hydroxylation sites is 4. The van der Waals surface area contributed by atoms with E-state index in [9.17, 15) is 0 Å². The number of hydrogen-bond donors (Lipinski definition) is 0. The number of hydrogen-bond acceptors (Lipinski definition) is 1. The largest absolute Gasteiger partial charge is 0.455 e. The molecule has 3 aromatic heterocycles. The molecule has 5 heterocycles. The van der Waals surface area contributed by atoms with Crippen molar-refractivity contribution in [3.05, 3.63) is 140 Å². The minimum atomic E-state index is -0.0251. The van der Waals surface area contributed by atoms with Crippen LogP contribution in [-0.2, 0) is 0 Å². The molecule has 0 atom stereocenters. The van der Waals surface area contributed by atoms with Crippen molar-refractivity contribution in [2.24, 2.45) is 0 Å². The van der Waals surface area contributed by atoms with Gasteiger partial charge < -0.3 is 13.5 Å². The number of aromatic nitrogens is 2. The van der Waals surface area contributed by atoms with Gasteiger partial charge in [0.1, 0.15) is 11.2 Å². The summed E-state index contributed by atoms with van der Waals surface area (Å²) in [5.41, 5.74) is 15.8. The Morgan fingerprint density at radius 3 is 2.09 bits per heavy atom. The van der Waals surface area contributed by atoms with E-state index in [1.54, 1.807) is 0 Å². The molecule has 46 heavy (non-hydrogen) atoms. The molecule has 0 bridgehead atoms. The topological polar surface area (TPSA) is 23.0 Å². The summed E-state index contributed by atoms with van der Waals surface area (Å²) in [4.78, 5) is 0. The Morgan fingerprint density at radius 2 is 1.22 bits per heavy atom. The van der Waals surface area contributed by atoms with Gasteiger partial charge in [0.05, 0.1) is 11.0 Å². The van der Waals surface area contributed by atoms with E-state index in [1.807, 2.05) is 0 Å². The quantitative estimate of drug-likeness (QED) is 0.177. The smallest absolute Gasteiger partial charge is 0.333 e. The highest BCUT2D eigenvalue weighted by molar-refractivity contribution is 6.90. The number of fused-ring (bicyclic) bond motifs is 14. The van der Waals surface area contributed by atoms with Crippen LogP contribution >= 0.6 is 0 Å². The molecule has 0 saturated carbocycles. The molecule has 12 rings (SSSR count). The highest BCUT2D eigenvalue weighted by atomic mass is 16.3. The minimum Gasteiger partial charge on any atom is -0.455 e. The van der Waals surface area contributed by atoms with Gasteiger partial charge in [0.15, 0.2) is 0 Å². The zero-order valence-electron chi connectivity index (χ0n) is 24.7. The molecular weight excluding hydrogens is 559 g/mol. The third kappa shape index (κ3) is 2.62. The average molecular weight is 582 g/mol. The zero-order valence-corrected chi connectivity index (χ0v) is 24.7. The minimum absolute atomic E-state index is 0.0251. The molecule has 4 heteroatoms. The second-order valence-electron chi connectivity index (χ2n) is 12.8. The molecular formula is C42H23BN2O. The van der Waals surface area contributed by atoms with Gasteiger partial charge in [-0.15, -0.1) is 0 Å². The monoisotopic (exact) mass is 582 g/mol. The van der Waals surface area contributed by atoms with Crippen molar-refractivity contribution >= 4 is 83.3 Å². The van der Waals surface area contributed by atoms with Crippen LogP contribution in [0.2, 0.25) is 0 Å². The molecule has 0 amide bonds. The highest BCUT2D eigenvalue weighted by Crippen LogP contribution is 2.47. The number of benzene rings is 7. The van der Waals surface area contributed by atoms with Gasteiger partial charge in [-0.2, -0.15) is 0 Å². The van der Waals surface area contributed by atoms with E-state index in [0.717, 1.165) is 16.6 Å². The molecule has 0 radical (unpaired) electrons. The van der Waals surface area contributed by atoms with Crippen LogP contribution in [0.4, 0.5) is 0 Å². The van der Waals surface area contributed by atoms with Gasteiger partial charge in [-0.05, 0) is 52.4 Å². The van der Waals surface area contributed by atoms with Crippen molar-refractivity contribution in [1.82, 2.24) is 9.05 Å². The van der Waals surface area contributed by atoms with Crippen LogP contribution in [0.5, 0.6) is 0 Å². The summed E-state index contributed by atoms with van der Waals surface area (Å²) in [6.45, 7) is -0.0251. The molecule has 2 aliphatic rings. The van der Waals surface area contributed by atoms with Gasteiger partial charge in [-0.1, -0.05) is 109 Å². The lowest BCUT2D eigenvalue weighted by Crippen LogP contribution is -2.55. The van der Waals surface area contributed by atoms with Crippen LogP contribution in [0.1, 0.15) is 0 Å². The van der Waals surface area contributed by atoms with E-state index < -0.39 is 0 Å². The maximum atomic E-state index is 6.85. The van der Waals surface area contributed by atoms with Crippen LogP contribution in [0.15, 0.2) is 144 Å². The van der Waals surface area contributed by atoms with Gasteiger partial charge in [-0.3, -0.25) is 0 Å². The van der Waals surface area contributed by atoms with Gasteiger partial charge in [0, 0.05) is 60.2 Å². The fourth-order valence-electron chi connectivity index (χ4n) is 8.92. The van der Waals surface area contributed by atoms with E-state index in [0.29, 0.717) is 0 Å². The molecule has 0 fully saturated rings. The maximum Gasteiger partial charge on any atom is 0.333 e. The van der Waals surface area contributed by atoms with E-state index in [1.165, 1.54) is 87.9 Å². The third-order valence-electron chi connectivity index (χ3n) is 10.7. The molecule has 0 aliphatic carbocycles. The lowest BCUT2D eigenvalue weighted by molar-refractivity contribution is 0.670. The number of nitrogens with zero attached hydrogens (tertiary/aromatic N) is 2. The summed E-state index contributed by atoms with van der Waals surface area (Å²) in [6.07, 6.45) is 0. The summed E-state index contributed by atoms with van der Waals surface area (Å²) in [6, 6.07) is 51.2. The summed E-state index contributed by atoms with van der Waals surface area (Å²) < 4.78 is 12.0.